The van der Waals surface area contributed by atoms with Crippen molar-refractivity contribution in [1.29, 1.82) is 0 Å². The number of rotatable bonds is 6. The van der Waals surface area contributed by atoms with Crippen molar-refractivity contribution < 1.29 is 4.79 Å². The van der Waals surface area contributed by atoms with Crippen LogP contribution in [0.25, 0.3) is 0 Å². The lowest BCUT2D eigenvalue weighted by Crippen LogP contribution is -2.53. The van der Waals surface area contributed by atoms with E-state index < -0.39 is 0 Å². The molecule has 7 heteroatoms. The average molecular weight is 367 g/mol. The van der Waals surface area contributed by atoms with E-state index in [0.29, 0.717) is 5.92 Å². The van der Waals surface area contributed by atoms with E-state index in [1.54, 1.807) is 6.92 Å². The van der Waals surface area contributed by atoms with Gasteiger partial charge < -0.3 is 24.9 Å². The lowest BCUT2D eigenvalue weighted by molar-refractivity contribution is -0.130. The summed E-state index contributed by atoms with van der Waals surface area (Å²) in [7, 11) is 0. The van der Waals surface area contributed by atoms with Gasteiger partial charge in [0.05, 0.1) is 0 Å². The van der Waals surface area contributed by atoms with Crippen molar-refractivity contribution in [2.24, 2.45) is 10.9 Å². The van der Waals surface area contributed by atoms with Gasteiger partial charge in [0.1, 0.15) is 0 Å². The molecule has 1 unspecified atom stereocenters. The molecule has 0 spiro atoms. The molecule has 2 aliphatic heterocycles. The molecule has 0 bridgehead atoms. The number of piperazine rings is 2. The van der Waals surface area contributed by atoms with Gasteiger partial charge in [-0.1, -0.05) is 13.8 Å². The molecule has 2 saturated heterocycles. The minimum atomic E-state index is 0.170. The van der Waals surface area contributed by atoms with E-state index in [4.69, 9.17) is 4.99 Å². The Labute approximate surface area is 159 Å². The van der Waals surface area contributed by atoms with Crippen LogP contribution in [-0.4, -0.2) is 110 Å². The van der Waals surface area contributed by atoms with Crippen molar-refractivity contribution in [2.75, 3.05) is 78.5 Å². The summed E-state index contributed by atoms with van der Waals surface area (Å²) in [5.74, 6) is 1.72. The van der Waals surface area contributed by atoms with Crippen LogP contribution >= 0.6 is 0 Å². The van der Waals surface area contributed by atoms with Crippen molar-refractivity contribution in [3.05, 3.63) is 0 Å². The Kier molecular flexibility index (Phi) is 8.65. The van der Waals surface area contributed by atoms with Gasteiger partial charge in [0, 0.05) is 78.9 Å². The zero-order valence-corrected chi connectivity index (χ0v) is 17.2. The van der Waals surface area contributed by atoms with Gasteiger partial charge in [-0.25, -0.2) is 0 Å². The lowest BCUT2D eigenvalue weighted by Gasteiger charge is -2.36. The van der Waals surface area contributed by atoms with Crippen LogP contribution in [0.15, 0.2) is 4.99 Å². The van der Waals surface area contributed by atoms with E-state index in [1.165, 1.54) is 26.2 Å². The minimum Gasteiger partial charge on any atom is -0.357 e. The molecule has 26 heavy (non-hydrogen) atoms. The first kappa shape index (κ1) is 21.0. The molecule has 0 aliphatic carbocycles. The number of aliphatic imine (C=N–C) groups is 1. The highest BCUT2D eigenvalue weighted by atomic mass is 16.2. The predicted molar refractivity (Wildman–Crippen MR) is 108 cm³/mol. The van der Waals surface area contributed by atoms with Crippen LogP contribution in [0.5, 0.6) is 0 Å². The van der Waals surface area contributed by atoms with E-state index >= 15 is 0 Å². The third kappa shape index (κ3) is 6.43. The van der Waals surface area contributed by atoms with Gasteiger partial charge in [-0.2, -0.15) is 0 Å². The maximum absolute atomic E-state index is 11.5. The Hall–Kier alpha value is -1.34. The maximum Gasteiger partial charge on any atom is 0.219 e. The van der Waals surface area contributed by atoms with E-state index in [2.05, 4.69) is 40.8 Å². The lowest BCUT2D eigenvalue weighted by atomic mass is 10.1. The largest absolute Gasteiger partial charge is 0.357 e. The first-order valence-electron chi connectivity index (χ1n) is 10.3. The summed E-state index contributed by atoms with van der Waals surface area (Å²) in [6.45, 7) is 20.3. The molecule has 7 nitrogen and oxygen atoms in total. The summed E-state index contributed by atoms with van der Waals surface area (Å²) in [4.78, 5) is 25.7. The first-order chi connectivity index (χ1) is 12.5. The Morgan fingerprint density at radius 2 is 1.54 bits per heavy atom. The van der Waals surface area contributed by atoms with Gasteiger partial charge in [0.25, 0.3) is 0 Å². The second kappa shape index (κ2) is 10.7. The van der Waals surface area contributed by atoms with Crippen LogP contribution in [0.2, 0.25) is 0 Å². The predicted octanol–water partition coefficient (Wildman–Crippen LogP) is 0.390. The second-order valence-corrected chi connectivity index (χ2v) is 7.53. The topological polar surface area (TPSA) is 54.4 Å². The van der Waals surface area contributed by atoms with Crippen LogP contribution in [-0.2, 0) is 4.79 Å². The number of likely N-dealkylation sites (N-methyl/N-ethyl adjacent to an activating group) is 1. The van der Waals surface area contributed by atoms with Crippen LogP contribution in [0.4, 0.5) is 0 Å². The third-order valence-corrected chi connectivity index (χ3v) is 5.39. The number of amides is 1. The molecule has 1 amide bonds. The van der Waals surface area contributed by atoms with Crippen molar-refractivity contribution in [3.63, 3.8) is 0 Å². The molecule has 2 aliphatic rings. The summed E-state index contributed by atoms with van der Waals surface area (Å²) in [6.07, 6.45) is 0. The Morgan fingerprint density at radius 1 is 0.962 bits per heavy atom. The molecule has 0 saturated carbocycles. The monoisotopic (exact) mass is 366 g/mol. The molecule has 0 aromatic heterocycles. The van der Waals surface area contributed by atoms with Crippen LogP contribution in [0.1, 0.15) is 27.7 Å². The van der Waals surface area contributed by atoms with Gasteiger partial charge in [-0.05, 0) is 19.4 Å². The smallest absolute Gasteiger partial charge is 0.219 e. The maximum atomic E-state index is 11.5. The standard InChI is InChI=1S/C19H38N6O/c1-5-20-19(25-13-11-24(12-14-25)18(4)26)21-15-17(3)16-23-9-7-22(6-2)8-10-23/h17H,5-16H2,1-4H3,(H,20,21). The average Bonchev–Trinajstić information content (AvgIpc) is 2.66. The first-order valence-corrected chi connectivity index (χ1v) is 10.3. The Bertz CT molecular complexity index is 453. The summed E-state index contributed by atoms with van der Waals surface area (Å²) in [5.41, 5.74) is 0. The third-order valence-electron chi connectivity index (χ3n) is 5.39. The van der Waals surface area contributed by atoms with Crippen molar-refractivity contribution in [2.45, 2.75) is 27.7 Å². The van der Waals surface area contributed by atoms with Crippen LogP contribution < -0.4 is 5.32 Å². The van der Waals surface area contributed by atoms with E-state index in [0.717, 1.165) is 58.3 Å². The molecule has 1 atom stereocenters. The summed E-state index contributed by atoms with van der Waals surface area (Å²) < 4.78 is 0. The normalized spacial score (nSPS) is 21.8. The van der Waals surface area contributed by atoms with E-state index in [9.17, 15) is 4.79 Å². The number of guanidine groups is 1. The van der Waals surface area contributed by atoms with Crippen LogP contribution in [0.3, 0.4) is 0 Å². The molecule has 0 radical (unpaired) electrons. The minimum absolute atomic E-state index is 0.170. The van der Waals surface area contributed by atoms with Gasteiger partial charge in [-0.3, -0.25) is 9.79 Å². The number of nitrogens with zero attached hydrogens (tertiary/aromatic N) is 5. The summed E-state index contributed by atoms with van der Waals surface area (Å²) >= 11 is 0. The van der Waals surface area contributed by atoms with Gasteiger partial charge in [0.15, 0.2) is 5.96 Å². The second-order valence-electron chi connectivity index (χ2n) is 7.53. The fraction of sp³-hybridized carbons (Fsp3) is 0.895. The van der Waals surface area contributed by atoms with E-state index in [-0.39, 0.29) is 5.91 Å². The van der Waals surface area contributed by atoms with Crippen molar-refractivity contribution in [3.8, 4) is 0 Å². The van der Waals surface area contributed by atoms with Crippen LogP contribution in [0, 0.1) is 5.92 Å². The number of carbonyl (C=O) groups excluding carboxylic acids is 1. The number of carbonyl (C=O) groups is 1. The molecule has 2 heterocycles. The number of nitrogens with one attached hydrogen (secondary N) is 1. The molecule has 2 fully saturated rings. The Balaban J connectivity index is 1.79. The van der Waals surface area contributed by atoms with Crippen molar-refractivity contribution >= 4 is 11.9 Å². The summed E-state index contributed by atoms with van der Waals surface area (Å²) in [6, 6.07) is 0. The fourth-order valence-corrected chi connectivity index (χ4v) is 3.69. The highest BCUT2D eigenvalue weighted by Crippen LogP contribution is 2.07. The van der Waals surface area contributed by atoms with Gasteiger partial charge in [-0.15, -0.1) is 0 Å². The molecule has 1 N–H and O–H groups in total. The molecule has 0 aromatic carbocycles. The zero-order valence-electron chi connectivity index (χ0n) is 17.2. The Morgan fingerprint density at radius 3 is 2.08 bits per heavy atom. The molecule has 2 rings (SSSR count). The fourth-order valence-electron chi connectivity index (χ4n) is 3.69. The highest BCUT2D eigenvalue weighted by Gasteiger charge is 2.21. The quantitative estimate of drug-likeness (QED) is 0.544. The summed E-state index contributed by atoms with van der Waals surface area (Å²) in [5, 5.41) is 3.42. The SMILES string of the molecule is CCNC(=NCC(C)CN1CCN(CC)CC1)N1CCN(C(C)=O)CC1. The van der Waals surface area contributed by atoms with Gasteiger partial charge >= 0.3 is 0 Å². The molecule has 0 aromatic rings. The zero-order chi connectivity index (χ0) is 18.9. The number of hydrogen-bond acceptors (Lipinski definition) is 4. The van der Waals surface area contributed by atoms with Crippen molar-refractivity contribution in [1.82, 2.24) is 24.9 Å². The number of hydrogen-bond donors (Lipinski definition) is 1. The van der Waals surface area contributed by atoms with E-state index in [1.807, 2.05) is 4.90 Å². The molecule has 150 valence electrons. The molecular formula is C19H38N6O. The highest BCUT2D eigenvalue weighted by molar-refractivity contribution is 5.80. The molecular weight excluding hydrogens is 328 g/mol. The van der Waals surface area contributed by atoms with Gasteiger partial charge in [0.2, 0.25) is 5.91 Å².